The third-order valence-electron chi connectivity index (χ3n) is 7.81. The van der Waals surface area contributed by atoms with Gasteiger partial charge < -0.3 is 10.2 Å². The zero-order valence-electron chi connectivity index (χ0n) is 24.6. The molecule has 0 unspecified atom stereocenters. The van der Waals surface area contributed by atoms with Crippen LogP contribution in [0.25, 0.3) is 0 Å². The molecule has 224 valence electrons. The number of benzene rings is 3. The Morgan fingerprint density at radius 2 is 1.45 bits per heavy atom. The van der Waals surface area contributed by atoms with E-state index in [-0.39, 0.29) is 23.4 Å². The van der Waals surface area contributed by atoms with Crippen LogP contribution in [0.15, 0.2) is 77.7 Å². The van der Waals surface area contributed by atoms with Gasteiger partial charge in [-0.2, -0.15) is 0 Å². The average Bonchev–Trinajstić information content (AvgIpc) is 2.98. The molecule has 0 aliphatic heterocycles. The molecule has 3 aromatic carbocycles. The fourth-order valence-electron chi connectivity index (χ4n) is 5.33. The second kappa shape index (κ2) is 14.0. The fourth-order valence-corrected chi connectivity index (χ4v) is 6.74. The number of hydrogen-bond acceptors (Lipinski definition) is 4. The molecular formula is C33H40FN3O4S. The summed E-state index contributed by atoms with van der Waals surface area (Å²) in [6.45, 7) is 5.12. The molecule has 4 rings (SSSR count). The van der Waals surface area contributed by atoms with Crippen LogP contribution in [0, 0.1) is 19.7 Å². The van der Waals surface area contributed by atoms with Crippen LogP contribution in [0.1, 0.15) is 62.1 Å². The SMILES string of the molecule is CC[C@H](C(=O)NC1CCCCC1)N(Cc1ccc(F)cc1)C(=O)CN(c1ccc(C)cc1)S(=O)(=O)c1ccc(C)cc1. The summed E-state index contributed by atoms with van der Waals surface area (Å²) < 4.78 is 42.7. The molecule has 3 aromatic rings. The van der Waals surface area contributed by atoms with Gasteiger partial charge in [0.1, 0.15) is 18.4 Å². The van der Waals surface area contributed by atoms with E-state index in [2.05, 4.69) is 5.32 Å². The van der Waals surface area contributed by atoms with Crippen molar-refractivity contribution >= 4 is 27.5 Å². The third-order valence-corrected chi connectivity index (χ3v) is 9.60. The van der Waals surface area contributed by atoms with Gasteiger partial charge in [-0.1, -0.05) is 73.7 Å². The van der Waals surface area contributed by atoms with Gasteiger partial charge in [0.05, 0.1) is 10.6 Å². The second-order valence-electron chi connectivity index (χ2n) is 11.1. The van der Waals surface area contributed by atoms with E-state index in [4.69, 9.17) is 0 Å². The molecule has 0 spiro atoms. The predicted molar refractivity (Wildman–Crippen MR) is 163 cm³/mol. The fraction of sp³-hybridized carbons (Fsp3) is 0.394. The first-order valence-corrected chi connectivity index (χ1v) is 16.0. The molecule has 7 nitrogen and oxygen atoms in total. The smallest absolute Gasteiger partial charge is 0.264 e. The number of hydrogen-bond donors (Lipinski definition) is 1. The van der Waals surface area contributed by atoms with Gasteiger partial charge in [-0.05, 0) is 75.1 Å². The minimum atomic E-state index is -4.13. The topological polar surface area (TPSA) is 86.8 Å². The minimum absolute atomic E-state index is 0.0298. The van der Waals surface area contributed by atoms with Crippen molar-refractivity contribution in [3.63, 3.8) is 0 Å². The molecule has 0 saturated heterocycles. The van der Waals surface area contributed by atoms with E-state index in [0.717, 1.165) is 47.5 Å². The summed E-state index contributed by atoms with van der Waals surface area (Å²) in [4.78, 5) is 29.2. The van der Waals surface area contributed by atoms with Gasteiger partial charge in [0, 0.05) is 12.6 Å². The van der Waals surface area contributed by atoms with Crippen LogP contribution in [0.2, 0.25) is 0 Å². The van der Waals surface area contributed by atoms with Crippen LogP contribution in [-0.4, -0.2) is 43.8 Å². The number of amides is 2. The van der Waals surface area contributed by atoms with Gasteiger partial charge in [-0.15, -0.1) is 0 Å². The first-order chi connectivity index (χ1) is 20.1. The Kier molecular flexibility index (Phi) is 10.4. The number of carbonyl (C=O) groups is 2. The first kappa shape index (κ1) is 31.2. The lowest BCUT2D eigenvalue weighted by molar-refractivity contribution is -0.140. The monoisotopic (exact) mass is 593 g/mol. The summed E-state index contributed by atoms with van der Waals surface area (Å²) in [6.07, 6.45) is 5.35. The molecule has 0 aromatic heterocycles. The van der Waals surface area contributed by atoms with Gasteiger partial charge in [0.2, 0.25) is 11.8 Å². The third kappa shape index (κ3) is 7.76. The molecule has 0 bridgehead atoms. The van der Waals surface area contributed by atoms with Crippen LogP contribution in [0.5, 0.6) is 0 Å². The second-order valence-corrected chi connectivity index (χ2v) is 12.9. The zero-order valence-corrected chi connectivity index (χ0v) is 25.4. The number of carbonyl (C=O) groups excluding carboxylic acids is 2. The van der Waals surface area contributed by atoms with Gasteiger partial charge in [0.25, 0.3) is 10.0 Å². The summed E-state index contributed by atoms with van der Waals surface area (Å²) in [5, 5.41) is 3.13. The molecule has 9 heteroatoms. The number of nitrogens with one attached hydrogen (secondary N) is 1. The van der Waals surface area contributed by atoms with Crippen LogP contribution < -0.4 is 9.62 Å². The van der Waals surface area contributed by atoms with Crippen LogP contribution in [-0.2, 0) is 26.2 Å². The molecule has 0 heterocycles. The van der Waals surface area contributed by atoms with Gasteiger partial charge in [-0.25, -0.2) is 12.8 Å². The summed E-state index contributed by atoms with van der Waals surface area (Å²) in [5.41, 5.74) is 2.83. The number of rotatable bonds is 11. The van der Waals surface area contributed by atoms with E-state index in [0.29, 0.717) is 17.7 Å². The maximum Gasteiger partial charge on any atom is 0.264 e. The standard InChI is InChI=1S/C33H40FN3O4S/c1-4-31(33(39)35-28-8-6-5-7-9-28)36(22-26-14-16-27(34)17-15-26)32(38)23-37(29-18-10-24(2)11-19-29)42(40,41)30-20-12-25(3)13-21-30/h10-21,28,31H,4-9,22-23H2,1-3H3,(H,35,39)/t31-/m1/s1. The Balaban J connectivity index is 1.69. The van der Waals surface area contributed by atoms with Gasteiger partial charge in [-0.3, -0.25) is 13.9 Å². The molecule has 0 radical (unpaired) electrons. The van der Waals surface area contributed by atoms with Crippen molar-refractivity contribution in [2.24, 2.45) is 0 Å². The molecule has 1 atom stereocenters. The van der Waals surface area contributed by atoms with Crippen molar-refractivity contribution in [2.75, 3.05) is 10.8 Å². The Bertz CT molecular complexity index is 1450. The van der Waals surface area contributed by atoms with Crippen LogP contribution in [0.3, 0.4) is 0 Å². The summed E-state index contributed by atoms with van der Waals surface area (Å²) >= 11 is 0. The molecule has 42 heavy (non-hydrogen) atoms. The minimum Gasteiger partial charge on any atom is -0.352 e. The number of halogens is 1. The molecular weight excluding hydrogens is 553 g/mol. The molecule has 1 fully saturated rings. The summed E-state index contributed by atoms with van der Waals surface area (Å²) in [6, 6.07) is 18.4. The van der Waals surface area contributed by atoms with E-state index in [1.165, 1.54) is 29.2 Å². The first-order valence-electron chi connectivity index (χ1n) is 14.6. The number of aryl methyl sites for hydroxylation is 2. The Morgan fingerprint density at radius 3 is 2.02 bits per heavy atom. The molecule has 1 aliphatic carbocycles. The van der Waals surface area contributed by atoms with Crippen molar-refractivity contribution < 1.29 is 22.4 Å². The molecule has 1 saturated carbocycles. The van der Waals surface area contributed by atoms with Gasteiger partial charge >= 0.3 is 0 Å². The summed E-state index contributed by atoms with van der Waals surface area (Å²) in [5.74, 6) is -1.20. The Morgan fingerprint density at radius 1 is 0.881 bits per heavy atom. The predicted octanol–water partition coefficient (Wildman–Crippen LogP) is 5.89. The normalized spacial score (nSPS) is 14.7. The number of nitrogens with zero attached hydrogens (tertiary/aromatic N) is 2. The molecule has 1 aliphatic rings. The number of anilines is 1. The highest BCUT2D eigenvalue weighted by molar-refractivity contribution is 7.92. The summed E-state index contributed by atoms with van der Waals surface area (Å²) in [7, 11) is -4.13. The van der Waals surface area contributed by atoms with Crippen LogP contribution >= 0.6 is 0 Å². The molecule has 1 N–H and O–H groups in total. The van der Waals surface area contributed by atoms with E-state index in [9.17, 15) is 22.4 Å². The van der Waals surface area contributed by atoms with E-state index >= 15 is 0 Å². The zero-order chi connectivity index (χ0) is 30.3. The maximum atomic E-state index is 14.2. The Labute approximate surface area is 248 Å². The van der Waals surface area contributed by atoms with E-state index in [1.54, 1.807) is 48.5 Å². The highest BCUT2D eigenvalue weighted by Crippen LogP contribution is 2.26. The maximum absolute atomic E-state index is 14.2. The van der Waals surface area contributed by atoms with E-state index < -0.39 is 34.3 Å². The largest absolute Gasteiger partial charge is 0.352 e. The van der Waals surface area contributed by atoms with Gasteiger partial charge in [0.15, 0.2) is 0 Å². The van der Waals surface area contributed by atoms with Crippen LogP contribution in [0.4, 0.5) is 10.1 Å². The van der Waals surface area contributed by atoms with Crippen molar-refractivity contribution in [3.8, 4) is 0 Å². The van der Waals surface area contributed by atoms with E-state index in [1.807, 2.05) is 20.8 Å². The van der Waals surface area contributed by atoms with Crippen molar-refractivity contribution in [3.05, 3.63) is 95.3 Å². The average molecular weight is 594 g/mol. The highest BCUT2D eigenvalue weighted by Gasteiger charge is 2.34. The van der Waals surface area contributed by atoms with Crippen molar-refractivity contribution in [1.82, 2.24) is 10.2 Å². The molecule has 2 amide bonds. The van der Waals surface area contributed by atoms with Crippen molar-refractivity contribution in [2.45, 2.75) is 82.8 Å². The lowest BCUT2D eigenvalue weighted by Crippen LogP contribution is -2.54. The Hall–Kier alpha value is -3.72. The highest BCUT2D eigenvalue weighted by atomic mass is 32.2. The number of sulfonamides is 1. The lowest BCUT2D eigenvalue weighted by atomic mass is 9.95. The quantitative estimate of drug-likeness (QED) is 0.300. The lowest BCUT2D eigenvalue weighted by Gasteiger charge is -2.34. The van der Waals surface area contributed by atoms with Crippen molar-refractivity contribution in [1.29, 1.82) is 0 Å².